The van der Waals surface area contributed by atoms with Gasteiger partial charge in [-0.25, -0.2) is 0 Å². The molecule has 0 aromatic heterocycles. The first-order valence-corrected chi connectivity index (χ1v) is 7.03. The lowest BCUT2D eigenvalue weighted by Gasteiger charge is -2.15. The molecule has 1 aliphatic rings. The van der Waals surface area contributed by atoms with E-state index >= 15 is 0 Å². The van der Waals surface area contributed by atoms with Gasteiger partial charge in [0.05, 0.1) is 0 Å². The Balaban J connectivity index is 0.00000289. The number of halogens is 1. The van der Waals surface area contributed by atoms with Gasteiger partial charge in [0.2, 0.25) is 0 Å². The molecule has 0 aliphatic carbocycles. The highest BCUT2D eigenvalue weighted by molar-refractivity contribution is 14.0. The zero-order chi connectivity index (χ0) is 12.3. The van der Waals surface area contributed by atoms with E-state index in [-0.39, 0.29) is 24.0 Å². The van der Waals surface area contributed by atoms with Crippen LogP contribution >= 0.6 is 24.0 Å². The summed E-state index contributed by atoms with van der Waals surface area (Å²) in [6.45, 7) is 8.07. The minimum absolute atomic E-state index is 0. The molecule has 18 heavy (non-hydrogen) atoms. The van der Waals surface area contributed by atoms with Gasteiger partial charge in [-0.3, -0.25) is 4.99 Å². The van der Waals surface area contributed by atoms with Crippen LogP contribution in [0.5, 0.6) is 0 Å². The van der Waals surface area contributed by atoms with E-state index in [9.17, 15) is 0 Å². The maximum atomic E-state index is 4.18. The van der Waals surface area contributed by atoms with Gasteiger partial charge in [-0.15, -0.1) is 24.0 Å². The highest BCUT2D eigenvalue weighted by Crippen LogP contribution is 2.07. The van der Waals surface area contributed by atoms with Gasteiger partial charge in [0.1, 0.15) is 0 Å². The zero-order valence-corrected chi connectivity index (χ0v) is 14.2. The van der Waals surface area contributed by atoms with Crippen molar-refractivity contribution < 1.29 is 0 Å². The Morgan fingerprint density at radius 3 is 2.39 bits per heavy atom. The van der Waals surface area contributed by atoms with Crippen molar-refractivity contribution in [2.24, 2.45) is 4.99 Å². The van der Waals surface area contributed by atoms with Crippen molar-refractivity contribution in [3.05, 3.63) is 0 Å². The molecule has 0 aromatic rings. The van der Waals surface area contributed by atoms with Crippen LogP contribution in [0.25, 0.3) is 0 Å². The van der Waals surface area contributed by atoms with Gasteiger partial charge in [0, 0.05) is 20.1 Å². The van der Waals surface area contributed by atoms with Gasteiger partial charge < -0.3 is 15.5 Å². The normalized spacial score (nSPS) is 16.4. The van der Waals surface area contributed by atoms with Crippen molar-refractivity contribution >= 4 is 29.9 Å². The third-order valence-corrected chi connectivity index (χ3v) is 3.16. The lowest BCUT2D eigenvalue weighted by molar-refractivity contribution is 0.330. The summed E-state index contributed by atoms with van der Waals surface area (Å²) < 4.78 is 0. The second-order valence-corrected chi connectivity index (χ2v) is 4.68. The summed E-state index contributed by atoms with van der Waals surface area (Å²) >= 11 is 0. The molecule has 5 heteroatoms. The number of hydrogen-bond acceptors (Lipinski definition) is 2. The number of aliphatic imine (C=N–C) groups is 1. The Morgan fingerprint density at radius 2 is 1.78 bits per heavy atom. The summed E-state index contributed by atoms with van der Waals surface area (Å²) in [6.07, 6.45) is 6.44. The fraction of sp³-hybridized carbons (Fsp3) is 0.923. The minimum Gasteiger partial charge on any atom is -0.356 e. The highest BCUT2D eigenvalue weighted by Gasteiger charge is 2.09. The van der Waals surface area contributed by atoms with E-state index in [2.05, 4.69) is 27.4 Å². The maximum Gasteiger partial charge on any atom is 0.190 e. The van der Waals surface area contributed by atoms with E-state index < -0.39 is 0 Å². The summed E-state index contributed by atoms with van der Waals surface area (Å²) in [6, 6.07) is 0. The van der Waals surface area contributed by atoms with E-state index in [1.807, 2.05) is 7.05 Å². The Kier molecular flexibility index (Phi) is 12.0. The topological polar surface area (TPSA) is 39.7 Å². The molecule has 0 spiro atoms. The molecule has 1 aliphatic heterocycles. The van der Waals surface area contributed by atoms with Crippen LogP contribution < -0.4 is 10.6 Å². The predicted octanol–water partition coefficient (Wildman–Crippen LogP) is 2.06. The van der Waals surface area contributed by atoms with Crippen LogP contribution in [0.2, 0.25) is 0 Å². The molecule has 1 saturated heterocycles. The number of hydrogen-bond donors (Lipinski definition) is 2. The second-order valence-electron chi connectivity index (χ2n) is 4.68. The highest BCUT2D eigenvalue weighted by atomic mass is 127. The quantitative estimate of drug-likeness (QED) is 0.313. The molecule has 108 valence electrons. The fourth-order valence-corrected chi connectivity index (χ4v) is 2.14. The fourth-order valence-electron chi connectivity index (χ4n) is 2.14. The molecule has 0 unspecified atom stereocenters. The van der Waals surface area contributed by atoms with Crippen LogP contribution in [0.1, 0.15) is 39.0 Å². The van der Waals surface area contributed by atoms with Crippen molar-refractivity contribution in [3.8, 4) is 0 Å². The molecule has 1 rings (SSSR count). The van der Waals surface area contributed by atoms with Crippen LogP contribution in [-0.4, -0.2) is 50.6 Å². The van der Waals surface area contributed by atoms with Gasteiger partial charge in [0.25, 0.3) is 0 Å². The molecular formula is C13H29IN4. The molecular weight excluding hydrogens is 339 g/mol. The van der Waals surface area contributed by atoms with Crippen LogP contribution in [0.4, 0.5) is 0 Å². The van der Waals surface area contributed by atoms with Crippen molar-refractivity contribution in [2.75, 3.05) is 39.8 Å². The summed E-state index contributed by atoms with van der Waals surface area (Å²) in [5, 5.41) is 6.63. The molecule has 0 bridgehead atoms. The molecule has 1 heterocycles. The van der Waals surface area contributed by atoms with Crippen molar-refractivity contribution in [1.29, 1.82) is 0 Å². The second kappa shape index (κ2) is 12.0. The Morgan fingerprint density at radius 1 is 1.11 bits per heavy atom. The summed E-state index contributed by atoms with van der Waals surface area (Å²) in [5.41, 5.74) is 0. The number of nitrogens with zero attached hydrogens (tertiary/aromatic N) is 2. The third kappa shape index (κ3) is 8.13. The Labute approximate surface area is 129 Å². The van der Waals surface area contributed by atoms with Gasteiger partial charge in [0.15, 0.2) is 5.96 Å². The monoisotopic (exact) mass is 368 g/mol. The largest absolute Gasteiger partial charge is 0.356 e. The van der Waals surface area contributed by atoms with E-state index in [4.69, 9.17) is 0 Å². The smallest absolute Gasteiger partial charge is 0.190 e. The Hall–Kier alpha value is -0.0400. The van der Waals surface area contributed by atoms with Crippen LogP contribution in [0.15, 0.2) is 4.99 Å². The lowest BCUT2D eigenvalue weighted by atomic mass is 10.3. The first kappa shape index (κ1) is 18.0. The zero-order valence-electron chi connectivity index (χ0n) is 11.9. The summed E-state index contributed by atoms with van der Waals surface area (Å²) in [4.78, 5) is 6.76. The summed E-state index contributed by atoms with van der Waals surface area (Å²) in [5.74, 6) is 0.938. The summed E-state index contributed by atoms with van der Waals surface area (Å²) in [7, 11) is 1.83. The minimum atomic E-state index is 0. The first-order chi connectivity index (χ1) is 8.36. The third-order valence-electron chi connectivity index (χ3n) is 3.16. The van der Waals surface area contributed by atoms with E-state index in [0.29, 0.717) is 0 Å². The standard InChI is InChI=1S/C13H28N4.HI/c1-3-8-15-13(14-2)16-9-4-5-10-17-11-6-7-12-17;/h3-12H2,1-2H3,(H2,14,15,16);1H. The number of rotatable bonds is 7. The average molecular weight is 368 g/mol. The van der Waals surface area contributed by atoms with E-state index in [0.717, 1.165) is 25.5 Å². The molecule has 0 aromatic carbocycles. The first-order valence-electron chi connectivity index (χ1n) is 7.03. The van der Waals surface area contributed by atoms with Crippen LogP contribution in [0, 0.1) is 0 Å². The molecule has 0 amide bonds. The predicted molar refractivity (Wildman–Crippen MR) is 90.0 cm³/mol. The number of guanidine groups is 1. The van der Waals surface area contributed by atoms with Gasteiger partial charge in [-0.1, -0.05) is 6.92 Å². The number of likely N-dealkylation sites (tertiary alicyclic amines) is 1. The van der Waals surface area contributed by atoms with Crippen molar-refractivity contribution in [3.63, 3.8) is 0 Å². The molecule has 2 N–H and O–H groups in total. The Bertz CT molecular complexity index is 215. The van der Waals surface area contributed by atoms with Crippen molar-refractivity contribution in [1.82, 2.24) is 15.5 Å². The molecule has 1 fully saturated rings. The van der Waals surface area contributed by atoms with E-state index in [1.165, 1.54) is 45.3 Å². The van der Waals surface area contributed by atoms with Gasteiger partial charge >= 0.3 is 0 Å². The van der Waals surface area contributed by atoms with Gasteiger partial charge in [-0.05, 0) is 51.7 Å². The SMILES string of the molecule is CCCNC(=NC)NCCCCN1CCCC1.I. The molecule has 0 saturated carbocycles. The van der Waals surface area contributed by atoms with Gasteiger partial charge in [-0.2, -0.15) is 0 Å². The van der Waals surface area contributed by atoms with Crippen LogP contribution in [-0.2, 0) is 0 Å². The molecule has 0 atom stereocenters. The number of unbranched alkanes of at least 4 members (excludes halogenated alkanes) is 1. The molecule has 4 nitrogen and oxygen atoms in total. The molecule has 0 radical (unpaired) electrons. The maximum absolute atomic E-state index is 4.18. The lowest BCUT2D eigenvalue weighted by Crippen LogP contribution is -2.38. The van der Waals surface area contributed by atoms with Crippen molar-refractivity contribution in [2.45, 2.75) is 39.0 Å². The average Bonchev–Trinajstić information content (AvgIpc) is 2.85. The number of nitrogens with one attached hydrogen (secondary N) is 2. The van der Waals surface area contributed by atoms with Crippen LogP contribution in [0.3, 0.4) is 0 Å². The van der Waals surface area contributed by atoms with E-state index in [1.54, 1.807) is 0 Å².